The van der Waals surface area contributed by atoms with Crippen molar-refractivity contribution in [1.82, 2.24) is 14.7 Å². The van der Waals surface area contributed by atoms with E-state index in [1.165, 1.54) is 38.6 Å². The van der Waals surface area contributed by atoms with Crippen molar-refractivity contribution in [2.75, 3.05) is 47.4 Å². The van der Waals surface area contributed by atoms with Crippen LogP contribution in [0.2, 0.25) is 0 Å². The minimum atomic E-state index is 0.586. The highest BCUT2D eigenvalue weighted by Crippen LogP contribution is 2.32. The first-order chi connectivity index (χ1) is 9.68. The van der Waals surface area contributed by atoms with Gasteiger partial charge in [-0.1, -0.05) is 6.42 Å². The van der Waals surface area contributed by atoms with Crippen molar-refractivity contribution in [1.29, 1.82) is 0 Å². The Morgan fingerprint density at radius 3 is 2.05 bits per heavy atom. The van der Waals surface area contributed by atoms with E-state index in [9.17, 15) is 0 Å². The minimum Gasteiger partial charge on any atom is -0.378 e. The number of morpholine rings is 1. The third kappa shape index (κ3) is 2.76. The molecule has 4 nitrogen and oxygen atoms in total. The second kappa shape index (κ2) is 6.30. The Balaban J connectivity index is 1.69. The minimum absolute atomic E-state index is 0.586. The van der Waals surface area contributed by atoms with Gasteiger partial charge in [0, 0.05) is 30.7 Å². The summed E-state index contributed by atoms with van der Waals surface area (Å²) >= 11 is 0. The van der Waals surface area contributed by atoms with Crippen molar-refractivity contribution < 1.29 is 4.74 Å². The zero-order chi connectivity index (χ0) is 14.1. The van der Waals surface area contributed by atoms with E-state index >= 15 is 0 Å². The van der Waals surface area contributed by atoms with Crippen molar-refractivity contribution in [2.24, 2.45) is 0 Å². The van der Waals surface area contributed by atoms with Gasteiger partial charge in [-0.3, -0.25) is 9.80 Å². The summed E-state index contributed by atoms with van der Waals surface area (Å²) in [5.41, 5.74) is 0. The third-order valence-corrected chi connectivity index (χ3v) is 5.95. The van der Waals surface area contributed by atoms with Gasteiger partial charge >= 0.3 is 0 Å². The molecule has 0 aromatic heterocycles. The molecule has 3 heterocycles. The highest BCUT2D eigenvalue weighted by atomic mass is 16.5. The van der Waals surface area contributed by atoms with E-state index in [1.807, 2.05) is 0 Å². The summed E-state index contributed by atoms with van der Waals surface area (Å²) in [4.78, 5) is 7.81. The SMILES string of the molecule is CN1CCCC1C1CCCC(C2COCCN2C)N1C. The molecule has 0 aromatic rings. The van der Waals surface area contributed by atoms with Crippen LogP contribution in [0.4, 0.5) is 0 Å². The second-order valence-electron chi connectivity index (χ2n) is 7.04. The molecule has 0 N–H and O–H groups in total. The molecule has 3 aliphatic rings. The third-order valence-electron chi connectivity index (χ3n) is 5.95. The normalized spacial score (nSPS) is 42.1. The van der Waals surface area contributed by atoms with Crippen molar-refractivity contribution in [3.8, 4) is 0 Å². The van der Waals surface area contributed by atoms with Crippen LogP contribution < -0.4 is 0 Å². The Morgan fingerprint density at radius 1 is 0.750 bits per heavy atom. The van der Waals surface area contributed by atoms with Crippen LogP contribution in [0.1, 0.15) is 32.1 Å². The fraction of sp³-hybridized carbons (Fsp3) is 1.00. The van der Waals surface area contributed by atoms with Gasteiger partial charge in [-0.15, -0.1) is 0 Å². The predicted octanol–water partition coefficient (Wildman–Crippen LogP) is 1.26. The number of hydrogen-bond acceptors (Lipinski definition) is 4. The quantitative estimate of drug-likeness (QED) is 0.758. The number of ether oxygens (including phenoxy) is 1. The smallest absolute Gasteiger partial charge is 0.0637 e. The molecule has 0 aromatic carbocycles. The van der Waals surface area contributed by atoms with E-state index in [2.05, 4.69) is 35.8 Å². The fourth-order valence-corrected chi connectivity index (χ4v) is 4.65. The van der Waals surface area contributed by atoms with Crippen LogP contribution in [0.25, 0.3) is 0 Å². The highest BCUT2D eigenvalue weighted by Gasteiger charge is 2.40. The first-order valence-electron chi connectivity index (χ1n) is 8.38. The maximum Gasteiger partial charge on any atom is 0.0637 e. The van der Waals surface area contributed by atoms with Crippen LogP contribution in [0, 0.1) is 0 Å². The van der Waals surface area contributed by atoms with Crippen LogP contribution in [0.3, 0.4) is 0 Å². The first kappa shape index (κ1) is 14.8. The number of rotatable bonds is 2. The zero-order valence-electron chi connectivity index (χ0n) is 13.4. The van der Waals surface area contributed by atoms with Crippen molar-refractivity contribution in [3.63, 3.8) is 0 Å². The van der Waals surface area contributed by atoms with Gasteiger partial charge in [0.15, 0.2) is 0 Å². The molecule has 4 unspecified atom stereocenters. The lowest BCUT2D eigenvalue weighted by Crippen LogP contribution is -2.61. The molecule has 116 valence electrons. The van der Waals surface area contributed by atoms with Gasteiger partial charge in [0.1, 0.15) is 0 Å². The van der Waals surface area contributed by atoms with Gasteiger partial charge in [-0.25, -0.2) is 0 Å². The molecular weight excluding hydrogens is 250 g/mol. The molecule has 20 heavy (non-hydrogen) atoms. The molecular formula is C16H31N3O. The Morgan fingerprint density at radius 2 is 1.40 bits per heavy atom. The van der Waals surface area contributed by atoms with Crippen LogP contribution in [-0.2, 0) is 4.74 Å². The zero-order valence-corrected chi connectivity index (χ0v) is 13.4. The number of nitrogens with zero attached hydrogens (tertiary/aromatic N) is 3. The largest absolute Gasteiger partial charge is 0.378 e. The lowest BCUT2D eigenvalue weighted by atomic mass is 9.87. The Hall–Kier alpha value is -0.160. The summed E-state index contributed by atoms with van der Waals surface area (Å²) in [7, 11) is 6.94. The molecule has 3 saturated heterocycles. The summed E-state index contributed by atoms with van der Waals surface area (Å²) in [6, 6.07) is 2.78. The summed E-state index contributed by atoms with van der Waals surface area (Å²) < 4.78 is 5.76. The predicted molar refractivity (Wildman–Crippen MR) is 82.1 cm³/mol. The number of likely N-dealkylation sites (tertiary alicyclic amines) is 2. The molecule has 4 heteroatoms. The van der Waals surface area contributed by atoms with E-state index in [1.54, 1.807) is 0 Å². The average molecular weight is 281 g/mol. The van der Waals surface area contributed by atoms with Crippen LogP contribution in [0.15, 0.2) is 0 Å². The summed E-state index contributed by atoms with van der Waals surface area (Å²) in [6.07, 6.45) is 6.85. The number of piperidine rings is 1. The fourth-order valence-electron chi connectivity index (χ4n) is 4.65. The summed E-state index contributed by atoms with van der Waals surface area (Å²) in [5.74, 6) is 0. The molecule has 3 rings (SSSR count). The monoisotopic (exact) mass is 281 g/mol. The van der Waals surface area contributed by atoms with Gasteiger partial charge in [0.2, 0.25) is 0 Å². The van der Waals surface area contributed by atoms with Crippen molar-refractivity contribution in [2.45, 2.75) is 56.3 Å². The van der Waals surface area contributed by atoms with E-state index in [0.29, 0.717) is 12.1 Å². The van der Waals surface area contributed by atoms with Crippen LogP contribution in [-0.4, -0.2) is 86.3 Å². The van der Waals surface area contributed by atoms with E-state index in [0.717, 1.165) is 31.8 Å². The number of likely N-dealkylation sites (N-methyl/N-ethyl adjacent to an activating group) is 3. The van der Waals surface area contributed by atoms with E-state index < -0.39 is 0 Å². The van der Waals surface area contributed by atoms with E-state index in [-0.39, 0.29) is 0 Å². The van der Waals surface area contributed by atoms with Gasteiger partial charge < -0.3 is 9.64 Å². The van der Waals surface area contributed by atoms with Gasteiger partial charge in [-0.2, -0.15) is 0 Å². The Bertz CT molecular complexity index is 325. The standard InChI is InChI=1S/C16H31N3O/c1-17-9-5-8-13(17)14-6-4-7-15(19(14)3)16-12-20-11-10-18(16)2/h13-16H,4-12H2,1-3H3. The summed E-state index contributed by atoms with van der Waals surface area (Å²) in [6.45, 7) is 4.19. The first-order valence-corrected chi connectivity index (χ1v) is 8.38. The molecule has 3 aliphatic heterocycles. The van der Waals surface area contributed by atoms with Crippen molar-refractivity contribution in [3.05, 3.63) is 0 Å². The molecule has 0 aliphatic carbocycles. The molecule has 3 fully saturated rings. The Kier molecular flexibility index (Phi) is 4.65. The van der Waals surface area contributed by atoms with Gasteiger partial charge in [0.05, 0.1) is 13.2 Å². The highest BCUT2D eigenvalue weighted by molar-refractivity contribution is 4.97. The van der Waals surface area contributed by atoms with Crippen LogP contribution in [0.5, 0.6) is 0 Å². The molecule has 0 saturated carbocycles. The van der Waals surface area contributed by atoms with Gasteiger partial charge in [0.25, 0.3) is 0 Å². The molecule has 0 spiro atoms. The lowest BCUT2D eigenvalue weighted by molar-refractivity contribution is -0.0541. The van der Waals surface area contributed by atoms with Crippen molar-refractivity contribution >= 4 is 0 Å². The van der Waals surface area contributed by atoms with Crippen LogP contribution >= 0.6 is 0 Å². The molecule has 0 bridgehead atoms. The second-order valence-corrected chi connectivity index (χ2v) is 7.04. The maximum atomic E-state index is 5.76. The number of hydrogen-bond donors (Lipinski definition) is 0. The van der Waals surface area contributed by atoms with Gasteiger partial charge in [-0.05, 0) is 53.4 Å². The van der Waals surface area contributed by atoms with E-state index in [4.69, 9.17) is 4.74 Å². The molecule has 0 amide bonds. The molecule has 0 radical (unpaired) electrons. The lowest BCUT2D eigenvalue weighted by Gasteiger charge is -2.49. The topological polar surface area (TPSA) is 19.0 Å². The maximum absolute atomic E-state index is 5.76. The summed E-state index contributed by atoms with van der Waals surface area (Å²) in [5, 5.41) is 0. The molecule has 4 atom stereocenters. The average Bonchev–Trinajstić information content (AvgIpc) is 2.86. The Labute approximate surface area is 124 Å².